The van der Waals surface area contributed by atoms with E-state index in [9.17, 15) is 4.79 Å². The molecule has 2 heteroatoms. The van der Waals surface area contributed by atoms with Crippen LogP contribution in [0.5, 0.6) is 0 Å². The molecule has 0 spiro atoms. The average Bonchev–Trinajstić information content (AvgIpc) is 2.37. The number of allylic oxidation sites excluding steroid dienone is 4. The number of ketones is 1. The number of fused-ring (bicyclic) bond motifs is 1. The Morgan fingerprint density at radius 3 is 3.07 bits per heavy atom. The van der Waals surface area contributed by atoms with Gasteiger partial charge in [-0.1, -0.05) is 18.2 Å². The number of carbonyl (C=O) groups excluding carboxylic acids is 1. The van der Waals surface area contributed by atoms with E-state index in [1.807, 2.05) is 25.2 Å². The first kappa shape index (κ1) is 9.21. The van der Waals surface area contributed by atoms with E-state index in [4.69, 9.17) is 5.26 Å². The first-order valence-electron chi connectivity index (χ1n) is 4.97. The molecule has 0 N–H and O–H groups in total. The van der Waals surface area contributed by atoms with Crippen molar-refractivity contribution in [2.24, 2.45) is 11.3 Å². The van der Waals surface area contributed by atoms with Gasteiger partial charge >= 0.3 is 0 Å². The third-order valence-electron chi connectivity index (χ3n) is 3.36. The molecule has 1 unspecified atom stereocenters. The fraction of sp³-hybridized carbons (Fsp3) is 0.500. The van der Waals surface area contributed by atoms with Crippen LogP contribution in [0.1, 0.15) is 26.2 Å². The summed E-state index contributed by atoms with van der Waals surface area (Å²) in [5, 5.41) is 9.03. The van der Waals surface area contributed by atoms with Gasteiger partial charge in [0.1, 0.15) is 5.78 Å². The zero-order chi connectivity index (χ0) is 10.2. The lowest BCUT2D eigenvalue weighted by Gasteiger charge is -2.25. The quantitative estimate of drug-likeness (QED) is 0.546. The van der Waals surface area contributed by atoms with E-state index in [-0.39, 0.29) is 17.1 Å². The summed E-state index contributed by atoms with van der Waals surface area (Å²) in [6.07, 6.45) is 8.04. The third kappa shape index (κ3) is 1.13. The number of hydrogen-bond acceptors (Lipinski definition) is 2. The molecule has 0 radical (unpaired) electrons. The van der Waals surface area contributed by atoms with Crippen molar-refractivity contribution in [2.45, 2.75) is 26.2 Å². The summed E-state index contributed by atoms with van der Waals surface area (Å²) >= 11 is 0. The zero-order valence-corrected chi connectivity index (χ0v) is 8.29. The highest BCUT2D eigenvalue weighted by Crippen LogP contribution is 2.45. The number of nitrogens with zero attached hydrogens (tertiary/aromatic N) is 1. The van der Waals surface area contributed by atoms with E-state index in [2.05, 4.69) is 6.07 Å². The normalized spacial score (nSPS) is 35.9. The van der Waals surface area contributed by atoms with E-state index >= 15 is 0 Å². The van der Waals surface area contributed by atoms with Crippen molar-refractivity contribution in [1.29, 1.82) is 5.26 Å². The molecule has 0 saturated carbocycles. The van der Waals surface area contributed by atoms with Crippen LogP contribution in [-0.4, -0.2) is 5.78 Å². The smallest absolute Gasteiger partial charge is 0.146 e. The van der Waals surface area contributed by atoms with E-state index in [1.54, 1.807) is 0 Å². The summed E-state index contributed by atoms with van der Waals surface area (Å²) in [7, 11) is 0. The Hall–Kier alpha value is -1.36. The summed E-state index contributed by atoms with van der Waals surface area (Å²) in [6.45, 7) is 1.97. The highest BCUT2D eigenvalue weighted by molar-refractivity contribution is 5.92. The van der Waals surface area contributed by atoms with Crippen LogP contribution in [0.4, 0.5) is 0 Å². The Labute approximate surface area is 83.9 Å². The monoisotopic (exact) mass is 187 g/mol. The number of rotatable bonds is 0. The maximum absolute atomic E-state index is 11.7. The Morgan fingerprint density at radius 1 is 1.57 bits per heavy atom. The number of Topliss-reactive ketones (excluding diaryl/α,β-unsaturated/α-hetero) is 1. The summed E-state index contributed by atoms with van der Waals surface area (Å²) in [5.74, 6) is 0.171. The molecule has 2 nitrogen and oxygen atoms in total. The standard InChI is InChI=1S/C12H13NO/c1-12-7-3-2-4-9(8-13)10(12)5-6-11(12)14/h2-3,5,9H,4,6-7H2,1H3/t9-,12?/m1/s1. The molecule has 2 aliphatic carbocycles. The van der Waals surface area contributed by atoms with Gasteiger partial charge in [-0.15, -0.1) is 0 Å². The molecule has 0 aromatic rings. The van der Waals surface area contributed by atoms with Gasteiger partial charge in [-0.25, -0.2) is 0 Å². The molecule has 0 aromatic heterocycles. The van der Waals surface area contributed by atoms with Crippen molar-refractivity contribution >= 4 is 5.78 Å². The third-order valence-corrected chi connectivity index (χ3v) is 3.36. The highest BCUT2D eigenvalue weighted by Gasteiger charge is 2.43. The van der Waals surface area contributed by atoms with Crippen molar-refractivity contribution in [2.75, 3.05) is 0 Å². The van der Waals surface area contributed by atoms with E-state index < -0.39 is 0 Å². The van der Waals surface area contributed by atoms with Gasteiger partial charge in [0, 0.05) is 6.42 Å². The van der Waals surface area contributed by atoms with Gasteiger partial charge in [0.25, 0.3) is 0 Å². The predicted octanol–water partition coefficient (Wildman–Crippen LogP) is 2.38. The van der Waals surface area contributed by atoms with Crippen molar-refractivity contribution in [3.8, 4) is 6.07 Å². The maximum atomic E-state index is 11.7. The van der Waals surface area contributed by atoms with Gasteiger partial charge in [0.05, 0.1) is 17.4 Å². The van der Waals surface area contributed by atoms with Gasteiger partial charge in [-0.2, -0.15) is 5.26 Å². The Bertz CT molecular complexity index is 372. The number of nitriles is 1. The van der Waals surface area contributed by atoms with Crippen LogP contribution in [0.2, 0.25) is 0 Å². The van der Waals surface area contributed by atoms with Gasteiger partial charge in [0.2, 0.25) is 0 Å². The van der Waals surface area contributed by atoms with Gasteiger partial charge in [-0.3, -0.25) is 4.79 Å². The lowest BCUT2D eigenvalue weighted by molar-refractivity contribution is -0.124. The molecule has 2 rings (SSSR count). The lowest BCUT2D eigenvalue weighted by atomic mass is 9.75. The molecular weight excluding hydrogens is 174 g/mol. The van der Waals surface area contributed by atoms with Crippen LogP contribution in [0.25, 0.3) is 0 Å². The van der Waals surface area contributed by atoms with E-state index in [1.165, 1.54) is 0 Å². The first-order chi connectivity index (χ1) is 6.68. The molecule has 0 fully saturated rings. The van der Waals surface area contributed by atoms with E-state index in [0.29, 0.717) is 6.42 Å². The van der Waals surface area contributed by atoms with Gasteiger partial charge in [0.15, 0.2) is 0 Å². The van der Waals surface area contributed by atoms with Crippen LogP contribution < -0.4 is 0 Å². The largest absolute Gasteiger partial charge is 0.298 e. The van der Waals surface area contributed by atoms with Crippen LogP contribution in [-0.2, 0) is 4.79 Å². The van der Waals surface area contributed by atoms with Crippen LogP contribution >= 0.6 is 0 Å². The maximum Gasteiger partial charge on any atom is 0.146 e. The summed E-state index contributed by atoms with van der Waals surface area (Å²) in [6, 6.07) is 2.29. The number of hydrogen-bond donors (Lipinski definition) is 0. The molecule has 0 aliphatic heterocycles. The fourth-order valence-electron chi connectivity index (χ4n) is 2.37. The highest BCUT2D eigenvalue weighted by atomic mass is 16.1. The topological polar surface area (TPSA) is 40.9 Å². The molecule has 2 atom stereocenters. The summed E-state index contributed by atoms with van der Waals surface area (Å²) < 4.78 is 0. The molecule has 2 aliphatic rings. The second-order valence-electron chi connectivity index (χ2n) is 4.21. The molecule has 14 heavy (non-hydrogen) atoms. The minimum atomic E-state index is -0.382. The van der Waals surface area contributed by atoms with Crippen LogP contribution in [0, 0.1) is 22.7 Å². The van der Waals surface area contributed by atoms with Gasteiger partial charge in [-0.05, 0) is 25.3 Å². The Balaban J connectivity index is 2.43. The van der Waals surface area contributed by atoms with Crippen molar-refractivity contribution in [3.63, 3.8) is 0 Å². The summed E-state index contributed by atoms with van der Waals surface area (Å²) in [5.41, 5.74) is 0.669. The molecule has 72 valence electrons. The van der Waals surface area contributed by atoms with Gasteiger partial charge < -0.3 is 0 Å². The molecular formula is C12H13NO. The van der Waals surface area contributed by atoms with Crippen molar-refractivity contribution in [3.05, 3.63) is 23.8 Å². The molecule has 0 aromatic carbocycles. The van der Waals surface area contributed by atoms with E-state index in [0.717, 1.165) is 18.4 Å². The SMILES string of the molecule is CC12CC=CC[C@H](C#N)C1=CCC2=O. The van der Waals surface area contributed by atoms with Crippen LogP contribution in [0.3, 0.4) is 0 Å². The minimum absolute atomic E-state index is 0.0924. The average molecular weight is 187 g/mol. The predicted molar refractivity (Wildman–Crippen MR) is 53.3 cm³/mol. The second kappa shape index (κ2) is 3.09. The molecule has 0 amide bonds. The molecule has 0 saturated heterocycles. The first-order valence-corrected chi connectivity index (χ1v) is 4.97. The molecule has 0 heterocycles. The molecule has 0 bridgehead atoms. The van der Waals surface area contributed by atoms with Crippen LogP contribution in [0.15, 0.2) is 23.8 Å². The van der Waals surface area contributed by atoms with Crippen molar-refractivity contribution < 1.29 is 4.79 Å². The zero-order valence-electron chi connectivity index (χ0n) is 8.29. The lowest BCUT2D eigenvalue weighted by Crippen LogP contribution is -2.26. The second-order valence-corrected chi connectivity index (χ2v) is 4.21. The Kier molecular flexibility index (Phi) is 2.03. The van der Waals surface area contributed by atoms with Crippen molar-refractivity contribution in [1.82, 2.24) is 0 Å². The number of carbonyl (C=O) groups is 1. The Morgan fingerprint density at radius 2 is 2.36 bits per heavy atom. The summed E-state index contributed by atoms with van der Waals surface area (Å²) in [4.78, 5) is 11.7. The minimum Gasteiger partial charge on any atom is -0.298 e. The fourth-order valence-corrected chi connectivity index (χ4v) is 2.37.